The molecule has 0 saturated carbocycles. The molecule has 1 amide bonds. The van der Waals surface area contributed by atoms with Crippen LogP contribution >= 0.6 is 0 Å². The van der Waals surface area contributed by atoms with E-state index in [1.165, 1.54) is 22.6 Å². The highest BCUT2D eigenvalue weighted by Crippen LogP contribution is 2.31. The van der Waals surface area contributed by atoms with Gasteiger partial charge in [0.05, 0.1) is 47.0 Å². The number of rotatable bonds is 7. The Labute approximate surface area is 191 Å². The summed E-state index contributed by atoms with van der Waals surface area (Å²) in [4.78, 5) is 17.3. The topological polar surface area (TPSA) is 124 Å². The van der Waals surface area contributed by atoms with Crippen LogP contribution in [0, 0.1) is 0 Å². The van der Waals surface area contributed by atoms with E-state index in [1.807, 2.05) is 13.8 Å². The number of ether oxygens (including phenoxy) is 2. The number of carbonyl (C=O) groups is 1. The number of hydrogen-bond donors (Lipinski definition) is 1. The van der Waals surface area contributed by atoms with E-state index in [4.69, 9.17) is 14.0 Å². The highest BCUT2D eigenvalue weighted by molar-refractivity contribution is 7.89. The Kier molecular flexibility index (Phi) is 6.63. The second kappa shape index (κ2) is 9.46. The first-order valence-electron chi connectivity index (χ1n) is 10.7. The number of sulfonamides is 1. The zero-order chi connectivity index (χ0) is 23.6. The van der Waals surface area contributed by atoms with Crippen LogP contribution in [0.3, 0.4) is 0 Å². The summed E-state index contributed by atoms with van der Waals surface area (Å²) in [6, 6.07) is 6.10. The summed E-state index contributed by atoms with van der Waals surface area (Å²) in [7, 11) is -3.74. The number of aromatic nitrogens is 2. The number of hydrogen-bond acceptors (Lipinski definition) is 8. The Morgan fingerprint density at radius 3 is 2.70 bits per heavy atom. The SMILES string of the molecule is CCOc1ccc(S(=O)(=O)N2CCOCC2)cc1NC(=O)c1cnc2onc(C(C)C)c2c1. The minimum atomic E-state index is -3.74. The fourth-order valence-electron chi connectivity index (χ4n) is 3.57. The van der Waals surface area contributed by atoms with Gasteiger partial charge in [-0.15, -0.1) is 0 Å². The molecule has 4 rings (SSSR count). The molecular weight excluding hydrogens is 448 g/mol. The fraction of sp³-hybridized carbons (Fsp3) is 0.409. The van der Waals surface area contributed by atoms with E-state index in [-0.39, 0.29) is 35.2 Å². The van der Waals surface area contributed by atoms with Gasteiger partial charge in [-0.3, -0.25) is 4.79 Å². The maximum atomic E-state index is 13.1. The van der Waals surface area contributed by atoms with Crippen molar-refractivity contribution in [2.75, 3.05) is 38.2 Å². The minimum absolute atomic E-state index is 0.0675. The Morgan fingerprint density at radius 1 is 1.24 bits per heavy atom. The van der Waals surface area contributed by atoms with Crippen molar-refractivity contribution in [3.63, 3.8) is 0 Å². The minimum Gasteiger partial charge on any atom is -0.492 e. The average Bonchev–Trinajstić information content (AvgIpc) is 3.24. The predicted molar refractivity (Wildman–Crippen MR) is 121 cm³/mol. The predicted octanol–water partition coefficient (Wildman–Crippen LogP) is 3.02. The molecule has 0 atom stereocenters. The van der Waals surface area contributed by atoms with Crippen molar-refractivity contribution in [1.82, 2.24) is 14.4 Å². The van der Waals surface area contributed by atoms with Crippen LogP contribution in [0.1, 0.15) is 42.7 Å². The van der Waals surface area contributed by atoms with Crippen LogP contribution in [-0.2, 0) is 14.8 Å². The third-order valence-electron chi connectivity index (χ3n) is 5.27. The van der Waals surface area contributed by atoms with Gasteiger partial charge in [-0.25, -0.2) is 13.4 Å². The summed E-state index contributed by atoms with van der Waals surface area (Å²) in [5, 5.41) is 7.46. The standard InChI is InChI=1S/C22H26N4O6S/c1-4-31-19-6-5-16(33(28,29)26-7-9-30-10-8-26)12-18(19)24-21(27)15-11-17-20(14(2)3)25-32-22(17)23-13-15/h5-6,11-14H,4,7-10H2,1-3H3,(H,24,27). The number of anilines is 1. The summed E-state index contributed by atoms with van der Waals surface area (Å²) in [6.07, 6.45) is 1.39. The number of carbonyl (C=O) groups excluding carboxylic acids is 1. The van der Waals surface area contributed by atoms with Crippen molar-refractivity contribution < 1.29 is 27.2 Å². The van der Waals surface area contributed by atoms with Gasteiger partial charge in [0.25, 0.3) is 11.6 Å². The molecular formula is C22H26N4O6S. The first-order chi connectivity index (χ1) is 15.8. The third kappa shape index (κ3) is 4.70. The maximum Gasteiger partial charge on any atom is 0.257 e. The number of fused-ring (bicyclic) bond motifs is 1. The zero-order valence-electron chi connectivity index (χ0n) is 18.7. The molecule has 2 aromatic heterocycles. The van der Waals surface area contributed by atoms with Crippen molar-refractivity contribution in [1.29, 1.82) is 0 Å². The monoisotopic (exact) mass is 474 g/mol. The summed E-state index contributed by atoms with van der Waals surface area (Å²) in [5.41, 5.74) is 1.60. The van der Waals surface area contributed by atoms with Crippen LogP contribution in [0.4, 0.5) is 5.69 Å². The van der Waals surface area contributed by atoms with E-state index in [0.717, 1.165) is 0 Å². The van der Waals surface area contributed by atoms with Crippen molar-refractivity contribution in [3.05, 3.63) is 41.7 Å². The molecule has 176 valence electrons. The van der Waals surface area contributed by atoms with Gasteiger partial charge in [0, 0.05) is 19.3 Å². The summed E-state index contributed by atoms with van der Waals surface area (Å²) in [5.74, 6) is 0.00818. The second-order valence-corrected chi connectivity index (χ2v) is 9.80. The molecule has 1 aliphatic heterocycles. The second-order valence-electron chi connectivity index (χ2n) is 7.86. The van der Waals surface area contributed by atoms with Gasteiger partial charge < -0.3 is 19.3 Å². The van der Waals surface area contributed by atoms with E-state index in [0.29, 0.717) is 42.4 Å². The quantitative estimate of drug-likeness (QED) is 0.554. The van der Waals surface area contributed by atoms with Gasteiger partial charge in [-0.05, 0) is 37.1 Å². The number of nitrogens with one attached hydrogen (secondary N) is 1. The number of benzene rings is 1. The van der Waals surface area contributed by atoms with Gasteiger partial charge in [0.15, 0.2) is 0 Å². The molecule has 1 saturated heterocycles. The molecule has 0 unspecified atom stereocenters. The van der Waals surface area contributed by atoms with Crippen LogP contribution in [-0.4, -0.2) is 61.7 Å². The Morgan fingerprint density at radius 2 is 2.00 bits per heavy atom. The number of pyridine rings is 1. The fourth-order valence-corrected chi connectivity index (χ4v) is 5.00. The highest BCUT2D eigenvalue weighted by Gasteiger charge is 2.27. The summed E-state index contributed by atoms with van der Waals surface area (Å²) >= 11 is 0. The molecule has 0 radical (unpaired) electrons. The largest absolute Gasteiger partial charge is 0.492 e. The first kappa shape index (κ1) is 23.1. The molecule has 11 heteroatoms. The van der Waals surface area contributed by atoms with Gasteiger partial charge >= 0.3 is 0 Å². The van der Waals surface area contributed by atoms with Crippen LogP contribution in [0.5, 0.6) is 5.75 Å². The van der Waals surface area contributed by atoms with Crippen molar-refractivity contribution in [2.24, 2.45) is 0 Å². The van der Waals surface area contributed by atoms with Gasteiger partial charge in [-0.1, -0.05) is 19.0 Å². The third-order valence-corrected chi connectivity index (χ3v) is 7.17. The van der Waals surface area contributed by atoms with Gasteiger partial charge in [0.2, 0.25) is 10.0 Å². The lowest BCUT2D eigenvalue weighted by molar-refractivity contribution is 0.0730. The smallest absolute Gasteiger partial charge is 0.257 e. The molecule has 1 fully saturated rings. The molecule has 3 heterocycles. The molecule has 0 aliphatic carbocycles. The van der Waals surface area contributed by atoms with Crippen LogP contribution < -0.4 is 10.1 Å². The van der Waals surface area contributed by atoms with Gasteiger partial charge in [-0.2, -0.15) is 4.31 Å². The summed E-state index contributed by atoms with van der Waals surface area (Å²) < 4.78 is 43.6. The number of amides is 1. The molecule has 0 bridgehead atoms. The van der Waals surface area contributed by atoms with Crippen molar-refractivity contribution >= 4 is 32.7 Å². The molecule has 33 heavy (non-hydrogen) atoms. The maximum absolute atomic E-state index is 13.1. The van der Waals surface area contributed by atoms with E-state index in [2.05, 4.69) is 15.5 Å². The zero-order valence-corrected chi connectivity index (χ0v) is 19.5. The van der Waals surface area contributed by atoms with E-state index in [1.54, 1.807) is 19.1 Å². The normalized spacial score (nSPS) is 15.2. The number of nitrogens with zero attached hydrogens (tertiary/aromatic N) is 3. The summed E-state index contributed by atoms with van der Waals surface area (Å²) in [6.45, 7) is 7.34. The molecule has 3 aromatic rings. The van der Waals surface area contributed by atoms with Crippen molar-refractivity contribution in [3.8, 4) is 5.75 Å². The van der Waals surface area contributed by atoms with E-state index in [9.17, 15) is 13.2 Å². The van der Waals surface area contributed by atoms with Crippen LogP contribution in [0.25, 0.3) is 11.1 Å². The van der Waals surface area contributed by atoms with E-state index >= 15 is 0 Å². The van der Waals surface area contributed by atoms with Crippen molar-refractivity contribution in [2.45, 2.75) is 31.6 Å². The van der Waals surface area contributed by atoms with Gasteiger partial charge in [0.1, 0.15) is 5.75 Å². The van der Waals surface area contributed by atoms with E-state index < -0.39 is 15.9 Å². The Bertz CT molecular complexity index is 1270. The lowest BCUT2D eigenvalue weighted by Gasteiger charge is -2.26. The first-order valence-corrected chi connectivity index (χ1v) is 12.2. The number of morpholine rings is 1. The molecule has 1 N–H and O–H groups in total. The Balaban J connectivity index is 1.66. The van der Waals surface area contributed by atoms with Crippen LogP contribution in [0.2, 0.25) is 0 Å². The molecule has 10 nitrogen and oxygen atoms in total. The highest BCUT2D eigenvalue weighted by atomic mass is 32.2. The lowest BCUT2D eigenvalue weighted by atomic mass is 10.1. The molecule has 1 aliphatic rings. The Hall–Kier alpha value is -3.02. The molecule has 0 spiro atoms. The lowest BCUT2D eigenvalue weighted by Crippen LogP contribution is -2.40. The average molecular weight is 475 g/mol. The van der Waals surface area contributed by atoms with Crippen LogP contribution in [0.15, 0.2) is 39.9 Å². The molecule has 1 aromatic carbocycles.